The van der Waals surface area contributed by atoms with Crippen LogP contribution in [0.1, 0.15) is 18.1 Å². The summed E-state index contributed by atoms with van der Waals surface area (Å²) < 4.78 is 4.86. The molecule has 0 spiro atoms. The van der Waals surface area contributed by atoms with Crippen LogP contribution in [0.3, 0.4) is 0 Å². The molecule has 0 amide bonds. The summed E-state index contributed by atoms with van der Waals surface area (Å²) >= 11 is 0. The Morgan fingerprint density at radius 3 is 2.80 bits per heavy atom. The second-order valence-electron chi connectivity index (χ2n) is 3.15. The zero-order valence-electron chi connectivity index (χ0n) is 8.95. The minimum Gasteiger partial charge on any atom is -0.466 e. The molecule has 2 N–H and O–H groups in total. The number of carbonyl (C=O) groups excluding carboxylic acids is 1. The molecule has 82 valence electrons. The second-order valence-corrected chi connectivity index (χ2v) is 3.15. The van der Waals surface area contributed by atoms with Crippen molar-refractivity contribution in [1.82, 2.24) is 0 Å². The maximum absolute atomic E-state index is 11.3. The first-order chi connectivity index (χ1) is 7.19. The van der Waals surface area contributed by atoms with Crippen LogP contribution in [0.5, 0.6) is 5.75 Å². The third-order valence-corrected chi connectivity index (χ3v) is 2.12. The number of hydrogen-bond donors (Lipinski definition) is 1. The van der Waals surface area contributed by atoms with E-state index in [1.165, 1.54) is 0 Å². The Labute approximate surface area is 88.9 Å². The van der Waals surface area contributed by atoms with E-state index in [1.54, 1.807) is 13.0 Å². The topological polar surface area (TPSA) is 61.5 Å². The highest BCUT2D eigenvalue weighted by Crippen LogP contribution is 2.21. The van der Waals surface area contributed by atoms with Crippen molar-refractivity contribution in [2.24, 2.45) is 5.90 Å². The van der Waals surface area contributed by atoms with Crippen LogP contribution in [0.25, 0.3) is 0 Å². The molecule has 1 aromatic carbocycles. The van der Waals surface area contributed by atoms with Crippen molar-refractivity contribution < 1.29 is 14.4 Å². The van der Waals surface area contributed by atoms with Crippen LogP contribution in [0, 0.1) is 6.92 Å². The van der Waals surface area contributed by atoms with E-state index >= 15 is 0 Å². The molecule has 0 fully saturated rings. The number of carbonyl (C=O) groups is 1. The van der Waals surface area contributed by atoms with Gasteiger partial charge in [0, 0.05) is 5.56 Å². The molecule has 0 radical (unpaired) electrons. The Morgan fingerprint density at radius 2 is 2.20 bits per heavy atom. The summed E-state index contributed by atoms with van der Waals surface area (Å²) in [5.74, 6) is 5.36. The first-order valence-corrected chi connectivity index (χ1v) is 4.79. The second kappa shape index (κ2) is 5.36. The predicted octanol–water partition coefficient (Wildman–Crippen LogP) is 1.35. The van der Waals surface area contributed by atoms with E-state index in [1.807, 2.05) is 19.1 Å². The molecule has 0 saturated carbocycles. The van der Waals surface area contributed by atoms with Gasteiger partial charge in [-0.15, -0.1) is 0 Å². The number of esters is 1. The average Bonchev–Trinajstić information content (AvgIpc) is 2.21. The number of hydrogen-bond acceptors (Lipinski definition) is 4. The van der Waals surface area contributed by atoms with Gasteiger partial charge in [-0.05, 0) is 25.5 Å². The first-order valence-electron chi connectivity index (χ1n) is 4.79. The summed E-state index contributed by atoms with van der Waals surface area (Å²) in [6.07, 6.45) is 0.188. The van der Waals surface area contributed by atoms with Gasteiger partial charge in [-0.1, -0.05) is 12.1 Å². The van der Waals surface area contributed by atoms with Gasteiger partial charge in [0.15, 0.2) is 5.75 Å². The molecule has 4 nitrogen and oxygen atoms in total. The van der Waals surface area contributed by atoms with Crippen molar-refractivity contribution in [3.8, 4) is 5.75 Å². The molecule has 0 atom stereocenters. The standard InChI is InChI=1S/C11H15NO3/c1-3-14-11(13)7-9-8(2)5-4-6-10(9)15-12/h4-6H,3,7,12H2,1-2H3. The Bertz CT molecular complexity index is 350. The molecule has 0 saturated heterocycles. The van der Waals surface area contributed by atoms with Gasteiger partial charge in [0.05, 0.1) is 13.0 Å². The van der Waals surface area contributed by atoms with Crippen LogP contribution in [0.2, 0.25) is 0 Å². The SMILES string of the molecule is CCOC(=O)Cc1c(C)cccc1ON. The van der Waals surface area contributed by atoms with Gasteiger partial charge in [0.2, 0.25) is 0 Å². The van der Waals surface area contributed by atoms with E-state index in [0.29, 0.717) is 12.4 Å². The van der Waals surface area contributed by atoms with Crippen molar-refractivity contribution in [3.63, 3.8) is 0 Å². The van der Waals surface area contributed by atoms with E-state index in [9.17, 15) is 4.79 Å². The number of ether oxygens (including phenoxy) is 1. The quantitative estimate of drug-likeness (QED) is 0.600. The highest BCUT2D eigenvalue weighted by atomic mass is 16.6. The van der Waals surface area contributed by atoms with Crippen LogP contribution in [0.15, 0.2) is 18.2 Å². The van der Waals surface area contributed by atoms with E-state index < -0.39 is 0 Å². The lowest BCUT2D eigenvalue weighted by Crippen LogP contribution is -2.12. The van der Waals surface area contributed by atoms with E-state index in [2.05, 4.69) is 0 Å². The normalized spacial score (nSPS) is 9.80. The lowest BCUT2D eigenvalue weighted by molar-refractivity contribution is -0.142. The lowest BCUT2D eigenvalue weighted by Gasteiger charge is -2.09. The molecule has 0 aromatic heterocycles. The van der Waals surface area contributed by atoms with Gasteiger partial charge in [0.25, 0.3) is 0 Å². The summed E-state index contributed by atoms with van der Waals surface area (Å²) in [7, 11) is 0. The largest absolute Gasteiger partial charge is 0.466 e. The van der Waals surface area contributed by atoms with Crippen LogP contribution in [0.4, 0.5) is 0 Å². The summed E-state index contributed by atoms with van der Waals surface area (Å²) in [6.45, 7) is 4.05. The van der Waals surface area contributed by atoms with Crippen LogP contribution in [-0.2, 0) is 16.0 Å². The van der Waals surface area contributed by atoms with Crippen molar-refractivity contribution in [1.29, 1.82) is 0 Å². The van der Waals surface area contributed by atoms with Gasteiger partial charge in [-0.25, -0.2) is 0 Å². The highest BCUT2D eigenvalue weighted by Gasteiger charge is 2.11. The fourth-order valence-electron chi connectivity index (χ4n) is 1.37. The Morgan fingerprint density at radius 1 is 1.47 bits per heavy atom. The van der Waals surface area contributed by atoms with Crippen LogP contribution >= 0.6 is 0 Å². The van der Waals surface area contributed by atoms with Crippen molar-refractivity contribution >= 4 is 5.97 Å². The summed E-state index contributed by atoms with van der Waals surface area (Å²) in [4.78, 5) is 16.0. The Kier molecular flexibility index (Phi) is 4.12. The predicted molar refractivity (Wildman–Crippen MR) is 56.3 cm³/mol. The monoisotopic (exact) mass is 209 g/mol. The van der Waals surface area contributed by atoms with E-state index in [-0.39, 0.29) is 12.4 Å². The molecule has 4 heteroatoms. The maximum Gasteiger partial charge on any atom is 0.310 e. The van der Waals surface area contributed by atoms with Gasteiger partial charge in [-0.3, -0.25) is 4.79 Å². The Hall–Kier alpha value is -1.55. The van der Waals surface area contributed by atoms with Crippen LogP contribution < -0.4 is 10.7 Å². The molecule has 0 bridgehead atoms. The molecular weight excluding hydrogens is 194 g/mol. The molecule has 1 rings (SSSR count). The van der Waals surface area contributed by atoms with Crippen molar-refractivity contribution in [3.05, 3.63) is 29.3 Å². The molecule has 1 aromatic rings. The molecule has 15 heavy (non-hydrogen) atoms. The molecule has 0 unspecified atom stereocenters. The number of nitrogens with two attached hydrogens (primary N) is 1. The fraction of sp³-hybridized carbons (Fsp3) is 0.364. The minimum absolute atomic E-state index is 0.188. The third-order valence-electron chi connectivity index (χ3n) is 2.12. The summed E-state index contributed by atoms with van der Waals surface area (Å²) in [5.41, 5.74) is 1.74. The molecule has 0 aliphatic heterocycles. The molecule has 0 aliphatic rings. The van der Waals surface area contributed by atoms with E-state index in [4.69, 9.17) is 15.5 Å². The highest BCUT2D eigenvalue weighted by molar-refractivity contribution is 5.74. The lowest BCUT2D eigenvalue weighted by atomic mass is 10.0. The van der Waals surface area contributed by atoms with Gasteiger partial charge >= 0.3 is 5.97 Å². The van der Waals surface area contributed by atoms with Gasteiger partial charge < -0.3 is 9.57 Å². The number of rotatable bonds is 4. The number of benzene rings is 1. The fourth-order valence-corrected chi connectivity index (χ4v) is 1.37. The van der Waals surface area contributed by atoms with Gasteiger partial charge in [-0.2, -0.15) is 5.90 Å². The Balaban J connectivity index is 2.87. The minimum atomic E-state index is -0.273. The maximum atomic E-state index is 11.3. The molecule has 0 heterocycles. The summed E-state index contributed by atoms with van der Waals surface area (Å²) in [6, 6.07) is 5.45. The number of aryl methyl sites for hydroxylation is 1. The first kappa shape index (κ1) is 11.5. The molecule has 0 aliphatic carbocycles. The average molecular weight is 209 g/mol. The van der Waals surface area contributed by atoms with Crippen molar-refractivity contribution in [2.75, 3.05) is 6.61 Å². The van der Waals surface area contributed by atoms with Crippen LogP contribution in [-0.4, -0.2) is 12.6 Å². The van der Waals surface area contributed by atoms with Gasteiger partial charge in [0.1, 0.15) is 0 Å². The van der Waals surface area contributed by atoms with E-state index in [0.717, 1.165) is 11.1 Å². The zero-order chi connectivity index (χ0) is 11.3. The third kappa shape index (κ3) is 2.95. The summed E-state index contributed by atoms with van der Waals surface area (Å²) in [5, 5.41) is 0. The smallest absolute Gasteiger partial charge is 0.310 e. The van der Waals surface area contributed by atoms with Crippen molar-refractivity contribution in [2.45, 2.75) is 20.3 Å². The molecular formula is C11H15NO3. The zero-order valence-corrected chi connectivity index (χ0v) is 8.95.